The second kappa shape index (κ2) is 8.44. The Kier molecular flexibility index (Phi) is 6.31. The average molecular weight is 332 g/mol. The Hall–Kier alpha value is -2.41. The molecular weight excluding hydrogens is 308 g/mol. The number of hydrogen-bond acceptors (Lipinski definition) is 4. The molecule has 24 heavy (non-hydrogen) atoms. The summed E-state index contributed by atoms with van der Waals surface area (Å²) in [6.07, 6.45) is 0. The molecular formula is C17H24N4O3. The molecule has 2 rings (SSSR count). The lowest BCUT2D eigenvalue weighted by Gasteiger charge is -2.25. The van der Waals surface area contributed by atoms with E-state index in [0.717, 1.165) is 0 Å². The van der Waals surface area contributed by atoms with Gasteiger partial charge in [-0.2, -0.15) is 0 Å². The van der Waals surface area contributed by atoms with Crippen molar-refractivity contribution in [3.05, 3.63) is 29.8 Å². The molecule has 0 unspecified atom stereocenters. The maximum Gasteiger partial charge on any atom is 0.253 e. The highest BCUT2D eigenvalue weighted by atomic mass is 16.2. The number of anilines is 1. The third kappa shape index (κ3) is 4.79. The monoisotopic (exact) mass is 332 g/mol. The summed E-state index contributed by atoms with van der Waals surface area (Å²) >= 11 is 0. The third-order valence-corrected chi connectivity index (χ3v) is 3.95. The average Bonchev–Trinajstić information content (AvgIpc) is 2.56. The SMILES string of the molecule is CCN(CC)C(=O)c1ccc(NC(=O)CN2CCNC(=O)C2)cc1. The molecule has 7 nitrogen and oxygen atoms in total. The number of carbonyl (C=O) groups is 3. The molecule has 0 radical (unpaired) electrons. The highest BCUT2D eigenvalue weighted by Gasteiger charge is 2.18. The summed E-state index contributed by atoms with van der Waals surface area (Å²) in [5, 5.41) is 5.51. The predicted octanol–water partition coefficient (Wildman–Crippen LogP) is 0.539. The van der Waals surface area contributed by atoms with E-state index in [-0.39, 0.29) is 30.8 Å². The maximum absolute atomic E-state index is 12.2. The minimum absolute atomic E-state index is 0.0165. The zero-order valence-electron chi connectivity index (χ0n) is 14.2. The normalized spacial score (nSPS) is 14.8. The van der Waals surface area contributed by atoms with E-state index in [1.165, 1.54) is 0 Å². The third-order valence-electron chi connectivity index (χ3n) is 3.95. The van der Waals surface area contributed by atoms with Crippen LogP contribution in [0.2, 0.25) is 0 Å². The number of benzene rings is 1. The van der Waals surface area contributed by atoms with E-state index in [1.807, 2.05) is 13.8 Å². The molecule has 1 aromatic carbocycles. The number of nitrogens with one attached hydrogen (secondary N) is 2. The van der Waals surface area contributed by atoms with Crippen LogP contribution in [-0.4, -0.2) is 66.8 Å². The lowest BCUT2D eigenvalue weighted by atomic mass is 10.1. The highest BCUT2D eigenvalue weighted by molar-refractivity contribution is 5.96. The first kappa shape index (κ1) is 17.9. The summed E-state index contributed by atoms with van der Waals surface area (Å²) in [4.78, 5) is 39.1. The van der Waals surface area contributed by atoms with Gasteiger partial charge in [-0.1, -0.05) is 0 Å². The maximum atomic E-state index is 12.2. The van der Waals surface area contributed by atoms with Crippen molar-refractivity contribution in [2.24, 2.45) is 0 Å². The first-order chi connectivity index (χ1) is 11.5. The van der Waals surface area contributed by atoms with Crippen molar-refractivity contribution in [2.75, 3.05) is 44.6 Å². The summed E-state index contributed by atoms with van der Waals surface area (Å²) in [5.74, 6) is -0.252. The van der Waals surface area contributed by atoms with Crippen LogP contribution in [0.4, 0.5) is 5.69 Å². The zero-order valence-corrected chi connectivity index (χ0v) is 14.2. The smallest absolute Gasteiger partial charge is 0.253 e. The van der Waals surface area contributed by atoms with Gasteiger partial charge in [0.15, 0.2) is 0 Å². The zero-order chi connectivity index (χ0) is 17.5. The molecule has 1 aliphatic rings. The lowest BCUT2D eigenvalue weighted by Crippen LogP contribution is -2.49. The molecule has 1 aromatic rings. The summed E-state index contributed by atoms with van der Waals surface area (Å²) < 4.78 is 0. The van der Waals surface area contributed by atoms with Gasteiger partial charge >= 0.3 is 0 Å². The van der Waals surface area contributed by atoms with Crippen molar-refractivity contribution >= 4 is 23.4 Å². The van der Waals surface area contributed by atoms with Gasteiger partial charge in [-0.05, 0) is 38.1 Å². The van der Waals surface area contributed by atoms with E-state index in [9.17, 15) is 14.4 Å². The topological polar surface area (TPSA) is 81.8 Å². The fourth-order valence-electron chi connectivity index (χ4n) is 2.62. The number of carbonyl (C=O) groups excluding carboxylic acids is 3. The molecule has 0 atom stereocenters. The Bertz CT molecular complexity index is 596. The molecule has 1 saturated heterocycles. The molecule has 2 N–H and O–H groups in total. The van der Waals surface area contributed by atoms with Crippen LogP contribution < -0.4 is 10.6 Å². The first-order valence-electron chi connectivity index (χ1n) is 8.21. The van der Waals surface area contributed by atoms with Gasteiger partial charge in [0, 0.05) is 37.4 Å². The largest absolute Gasteiger partial charge is 0.354 e. The predicted molar refractivity (Wildman–Crippen MR) is 91.8 cm³/mol. The van der Waals surface area contributed by atoms with Crippen molar-refractivity contribution in [3.8, 4) is 0 Å². The lowest BCUT2D eigenvalue weighted by molar-refractivity contribution is -0.125. The van der Waals surface area contributed by atoms with Gasteiger partial charge in [-0.25, -0.2) is 0 Å². The van der Waals surface area contributed by atoms with Crippen LogP contribution in [0.5, 0.6) is 0 Å². The number of piperazine rings is 1. The summed E-state index contributed by atoms with van der Waals surface area (Å²) in [6.45, 7) is 6.85. The fourth-order valence-corrected chi connectivity index (χ4v) is 2.62. The molecule has 1 heterocycles. The molecule has 1 fully saturated rings. The molecule has 7 heteroatoms. The van der Waals surface area contributed by atoms with Gasteiger partial charge in [0.05, 0.1) is 13.1 Å². The Labute approximate surface area is 142 Å². The summed E-state index contributed by atoms with van der Waals surface area (Å²) in [7, 11) is 0. The van der Waals surface area contributed by atoms with Gasteiger partial charge in [0.1, 0.15) is 0 Å². The quantitative estimate of drug-likeness (QED) is 0.797. The Morgan fingerprint density at radius 2 is 1.88 bits per heavy atom. The Morgan fingerprint density at radius 1 is 1.21 bits per heavy atom. The van der Waals surface area contributed by atoms with Crippen LogP contribution in [0.25, 0.3) is 0 Å². The van der Waals surface area contributed by atoms with Gasteiger partial charge in [-0.3, -0.25) is 19.3 Å². The van der Waals surface area contributed by atoms with E-state index in [2.05, 4.69) is 10.6 Å². The highest BCUT2D eigenvalue weighted by Crippen LogP contribution is 2.12. The molecule has 130 valence electrons. The van der Waals surface area contributed by atoms with E-state index in [1.54, 1.807) is 34.1 Å². The van der Waals surface area contributed by atoms with E-state index < -0.39 is 0 Å². The number of amides is 3. The standard InChI is InChI=1S/C17H24N4O3/c1-3-21(4-2)17(24)13-5-7-14(8-6-13)19-16(23)12-20-10-9-18-15(22)11-20/h5-8H,3-4,9-12H2,1-2H3,(H,18,22)(H,19,23). The van der Waals surface area contributed by atoms with Gasteiger partial charge in [-0.15, -0.1) is 0 Å². The molecule has 0 aromatic heterocycles. The van der Waals surface area contributed by atoms with Gasteiger partial charge < -0.3 is 15.5 Å². The van der Waals surface area contributed by atoms with Crippen LogP contribution in [-0.2, 0) is 9.59 Å². The summed E-state index contributed by atoms with van der Waals surface area (Å²) in [5.41, 5.74) is 1.24. The van der Waals surface area contributed by atoms with Gasteiger partial charge in [0.2, 0.25) is 11.8 Å². The minimum atomic E-state index is -0.174. The van der Waals surface area contributed by atoms with Crippen molar-refractivity contribution < 1.29 is 14.4 Å². The molecule has 1 aliphatic heterocycles. The Morgan fingerprint density at radius 3 is 2.46 bits per heavy atom. The molecule has 0 saturated carbocycles. The van der Waals surface area contributed by atoms with Crippen molar-refractivity contribution in [2.45, 2.75) is 13.8 Å². The summed E-state index contributed by atoms with van der Waals surface area (Å²) in [6, 6.07) is 6.87. The van der Waals surface area contributed by atoms with E-state index >= 15 is 0 Å². The van der Waals surface area contributed by atoms with Crippen molar-refractivity contribution in [1.29, 1.82) is 0 Å². The second-order valence-corrected chi connectivity index (χ2v) is 5.66. The van der Waals surface area contributed by atoms with E-state index in [4.69, 9.17) is 0 Å². The van der Waals surface area contributed by atoms with Crippen LogP contribution in [0.15, 0.2) is 24.3 Å². The number of rotatable bonds is 6. The fraction of sp³-hybridized carbons (Fsp3) is 0.471. The Balaban J connectivity index is 1.90. The van der Waals surface area contributed by atoms with Crippen LogP contribution >= 0.6 is 0 Å². The van der Waals surface area contributed by atoms with Crippen molar-refractivity contribution in [3.63, 3.8) is 0 Å². The molecule has 0 bridgehead atoms. The van der Waals surface area contributed by atoms with Crippen molar-refractivity contribution in [1.82, 2.24) is 15.1 Å². The van der Waals surface area contributed by atoms with Crippen LogP contribution in [0, 0.1) is 0 Å². The first-order valence-corrected chi connectivity index (χ1v) is 8.21. The number of hydrogen-bond donors (Lipinski definition) is 2. The second-order valence-electron chi connectivity index (χ2n) is 5.66. The number of nitrogens with zero attached hydrogens (tertiary/aromatic N) is 2. The van der Waals surface area contributed by atoms with Gasteiger partial charge in [0.25, 0.3) is 5.91 Å². The minimum Gasteiger partial charge on any atom is -0.354 e. The van der Waals surface area contributed by atoms with E-state index in [0.29, 0.717) is 37.4 Å². The molecule has 3 amide bonds. The molecule has 0 spiro atoms. The van der Waals surface area contributed by atoms with Crippen LogP contribution in [0.3, 0.4) is 0 Å². The molecule has 0 aliphatic carbocycles. The van der Waals surface area contributed by atoms with Crippen LogP contribution in [0.1, 0.15) is 24.2 Å².